The van der Waals surface area contributed by atoms with Gasteiger partial charge < -0.3 is 20.3 Å². The van der Waals surface area contributed by atoms with Gasteiger partial charge in [-0.05, 0) is 48.3 Å². The Bertz CT molecular complexity index is 495. The molecular weight excluding hydrogens is 266 g/mol. The highest BCUT2D eigenvalue weighted by Crippen LogP contribution is 2.60. The van der Waals surface area contributed by atoms with Crippen molar-refractivity contribution in [2.24, 2.45) is 23.5 Å². The molecular formula is C17H25NO3. The molecule has 2 aliphatic carbocycles. The number of benzene rings is 1. The summed E-state index contributed by atoms with van der Waals surface area (Å²) in [5.74, 6) is 3.27. The predicted octanol–water partition coefficient (Wildman–Crippen LogP) is 2.15. The molecule has 4 nitrogen and oxygen atoms in total. The first-order valence-electron chi connectivity index (χ1n) is 7.81. The average molecular weight is 291 g/mol. The molecule has 0 aliphatic heterocycles. The monoisotopic (exact) mass is 291 g/mol. The molecule has 3 rings (SSSR count). The first-order valence-corrected chi connectivity index (χ1v) is 7.81. The summed E-state index contributed by atoms with van der Waals surface area (Å²) in [6.07, 6.45) is 3.52. The van der Waals surface area contributed by atoms with E-state index in [1.54, 1.807) is 14.2 Å². The summed E-state index contributed by atoms with van der Waals surface area (Å²) in [6, 6.07) is 5.81. The number of nitrogens with two attached hydrogens (primary N) is 1. The van der Waals surface area contributed by atoms with E-state index in [9.17, 15) is 5.11 Å². The van der Waals surface area contributed by atoms with Crippen LogP contribution in [0.2, 0.25) is 0 Å². The van der Waals surface area contributed by atoms with E-state index in [0.29, 0.717) is 24.0 Å². The summed E-state index contributed by atoms with van der Waals surface area (Å²) < 4.78 is 10.6. The third-order valence-corrected chi connectivity index (χ3v) is 5.37. The number of methoxy groups -OCH3 is 2. The minimum atomic E-state index is -0.344. The van der Waals surface area contributed by atoms with Crippen molar-refractivity contribution in [3.63, 3.8) is 0 Å². The van der Waals surface area contributed by atoms with Crippen molar-refractivity contribution in [3.8, 4) is 11.5 Å². The molecule has 116 valence electrons. The quantitative estimate of drug-likeness (QED) is 0.843. The third kappa shape index (κ3) is 2.51. The van der Waals surface area contributed by atoms with Crippen LogP contribution < -0.4 is 15.2 Å². The van der Waals surface area contributed by atoms with Crippen molar-refractivity contribution in [1.82, 2.24) is 0 Å². The first-order chi connectivity index (χ1) is 10.2. The van der Waals surface area contributed by atoms with E-state index in [2.05, 4.69) is 0 Å². The molecule has 0 bridgehead atoms. The summed E-state index contributed by atoms with van der Waals surface area (Å²) in [5.41, 5.74) is 6.99. The highest BCUT2D eigenvalue weighted by molar-refractivity contribution is 5.44. The van der Waals surface area contributed by atoms with Crippen LogP contribution in [0.15, 0.2) is 18.2 Å². The Hall–Kier alpha value is -1.26. The first kappa shape index (κ1) is 14.7. The molecule has 0 amide bonds. The van der Waals surface area contributed by atoms with Gasteiger partial charge in [-0.3, -0.25) is 0 Å². The number of hydrogen-bond acceptors (Lipinski definition) is 4. The molecule has 0 radical (unpaired) electrons. The van der Waals surface area contributed by atoms with Gasteiger partial charge in [-0.15, -0.1) is 0 Å². The maximum absolute atomic E-state index is 10.7. The molecule has 0 heterocycles. The Kier molecular flexibility index (Phi) is 4.09. The van der Waals surface area contributed by atoms with Crippen LogP contribution in [0.25, 0.3) is 0 Å². The molecule has 4 unspecified atom stereocenters. The summed E-state index contributed by atoms with van der Waals surface area (Å²) in [5, 5.41) is 10.7. The van der Waals surface area contributed by atoms with E-state index in [-0.39, 0.29) is 12.0 Å². The normalized spacial score (nSPS) is 29.6. The van der Waals surface area contributed by atoms with E-state index in [1.807, 2.05) is 18.2 Å². The number of ether oxygens (including phenoxy) is 2. The third-order valence-electron chi connectivity index (χ3n) is 5.37. The van der Waals surface area contributed by atoms with E-state index in [1.165, 1.54) is 19.3 Å². The summed E-state index contributed by atoms with van der Waals surface area (Å²) in [6.45, 7) is 0.451. The lowest BCUT2D eigenvalue weighted by molar-refractivity contribution is 0.108. The number of rotatable bonds is 6. The topological polar surface area (TPSA) is 64.7 Å². The lowest BCUT2D eigenvalue weighted by Crippen LogP contribution is -2.29. The Balaban J connectivity index is 1.79. The van der Waals surface area contributed by atoms with Crippen LogP contribution in [-0.4, -0.2) is 32.0 Å². The highest BCUT2D eigenvalue weighted by Gasteiger charge is 2.56. The van der Waals surface area contributed by atoms with Crippen LogP contribution in [0.4, 0.5) is 0 Å². The fraction of sp³-hybridized carbons (Fsp3) is 0.647. The van der Waals surface area contributed by atoms with Crippen LogP contribution in [0.1, 0.15) is 30.7 Å². The zero-order valence-corrected chi connectivity index (χ0v) is 12.8. The maximum atomic E-state index is 10.7. The van der Waals surface area contributed by atoms with Crippen molar-refractivity contribution >= 4 is 0 Å². The van der Waals surface area contributed by atoms with Crippen molar-refractivity contribution in [1.29, 1.82) is 0 Å². The molecule has 0 spiro atoms. The molecule has 1 aromatic rings. The molecule has 0 saturated heterocycles. The van der Waals surface area contributed by atoms with Crippen LogP contribution in [0.5, 0.6) is 11.5 Å². The summed E-state index contributed by atoms with van der Waals surface area (Å²) in [7, 11) is 3.25. The van der Waals surface area contributed by atoms with Gasteiger partial charge in [-0.2, -0.15) is 0 Å². The molecule has 4 heteroatoms. The fourth-order valence-electron chi connectivity index (χ4n) is 4.21. The standard InChI is InChI=1S/C17H25NO3/c1-20-14-7-6-10(8-15(14)21-2)13(9-18)17(19)16-11-4-3-5-12(11)16/h6-8,11-13,16-17,19H,3-5,9,18H2,1-2H3. The van der Waals surface area contributed by atoms with E-state index >= 15 is 0 Å². The second-order valence-corrected chi connectivity index (χ2v) is 6.28. The van der Waals surface area contributed by atoms with Gasteiger partial charge in [0.05, 0.1) is 20.3 Å². The molecule has 0 aromatic heterocycles. The largest absolute Gasteiger partial charge is 0.493 e. The van der Waals surface area contributed by atoms with Gasteiger partial charge >= 0.3 is 0 Å². The number of fused-ring (bicyclic) bond motifs is 1. The molecule has 21 heavy (non-hydrogen) atoms. The predicted molar refractivity (Wildman–Crippen MR) is 81.7 cm³/mol. The zero-order chi connectivity index (χ0) is 15.0. The minimum absolute atomic E-state index is 0.0274. The average Bonchev–Trinajstić information content (AvgIpc) is 3.00. The van der Waals surface area contributed by atoms with Gasteiger partial charge in [-0.25, -0.2) is 0 Å². The molecule has 2 saturated carbocycles. The summed E-state index contributed by atoms with van der Waals surface area (Å²) in [4.78, 5) is 0. The maximum Gasteiger partial charge on any atom is 0.160 e. The molecule has 2 fully saturated rings. The van der Waals surface area contributed by atoms with Gasteiger partial charge in [0.1, 0.15) is 0 Å². The second-order valence-electron chi connectivity index (χ2n) is 6.28. The number of aliphatic hydroxyl groups is 1. The Labute approximate surface area is 126 Å². The van der Waals surface area contributed by atoms with Crippen LogP contribution in [0.3, 0.4) is 0 Å². The fourth-order valence-corrected chi connectivity index (χ4v) is 4.21. The lowest BCUT2D eigenvalue weighted by atomic mass is 9.88. The molecule has 2 aliphatic rings. The smallest absolute Gasteiger partial charge is 0.160 e. The molecule has 3 N–H and O–H groups in total. The molecule has 1 aromatic carbocycles. The van der Waals surface area contributed by atoms with E-state index in [0.717, 1.165) is 17.4 Å². The van der Waals surface area contributed by atoms with Crippen molar-refractivity contribution in [2.45, 2.75) is 31.3 Å². The van der Waals surface area contributed by atoms with Gasteiger partial charge in [0.25, 0.3) is 0 Å². The van der Waals surface area contributed by atoms with Crippen LogP contribution >= 0.6 is 0 Å². The number of hydrogen-bond donors (Lipinski definition) is 2. The van der Waals surface area contributed by atoms with Crippen molar-refractivity contribution in [3.05, 3.63) is 23.8 Å². The van der Waals surface area contributed by atoms with Crippen LogP contribution in [0, 0.1) is 17.8 Å². The SMILES string of the molecule is COc1ccc(C(CN)C(O)C2C3CCCC32)cc1OC. The van der Waals surface area contributed by atoms with Gasteiger partial charge in [0.15, 0.2) is 11.5 Å². The highest BCUT2D eigenvalue weighted by atomic mass is 16.5. The van der Waals surface area contributed by atoms with E-state index < -0.39 is 0 Å². The van der Waals surface area contributed by atoms with Gasteiger partial charge in [-0.1, -0.05) is 12.5 Å². The summed E-state index contributed by atoms with van der Waals surface area (Å²) >= 11 is 0. The zero-order valence-electron chi connectivity index (χ0n) is 12.8. The Morgan fingerprint density at radius 2 is 1.86 bits per heavy atom. The Morgan fingerprint density at radius 1 is 1.19 bits per heavy atom. The second kappa shape index (κ2) is 5.85. The Morgan fingerprint density at radius 3 is 2.43 bits per heavy atom. The minimum Gasteiger partial charge on any atom is -0.493 e. The van der Waals surface area contributed by atoms with E-state index in [4.69, 9.17) is 15.2 Å². The van der Waals surface area contributed by atoms with Gasteiger partial charge in [0, 0.05) is 12.5 Å². The number of aliphatic hydroxyl groups excluding tert-OH is 1. The van der Waals surface area contributed by atoms with Crippen LogP contribution in [-0.2, 0) is 0 Å². The lowest BCUT2D eigenvalue weighted by Gasteiger charge is -2.24. The van der Waals surface area contributed by atoms with Crippen molar-refractivity contribution < 1.29 is 14.6 Å². The van der Waals surface area contributed by atoms with Crippen molar-refractivity contribution in [2.75, 3.05) is 20.8 Å². The van der Waals surface area contributed by atoms with Gasteiger partial charge in [0.2, 0.25) is 0 Å². The molecule has 4 atom stereocenters.